The average Bonchev–Trinajstić information content (AvgIpc) is 2.51. The van der Waals surface area contributed by atoms with Crippen molar-refractivity contribution in [2.75, 3.05) is 0 Å². The van der Waals surface area contributed by atoms with Crippen LogP contribution < -0.4 is 0 Å². The largest absolute Gasteiger partial charge is 0.333 e. The maximum Gasteiger partial charge on any atom is 0.159 e. The first-order valence-corrected chi connectivity index (χ1v) is 4.10. The summed E-state index contributed by atoms with van der Waals surface area (Å²) in [4.78, 5) is 8.53. The van der Waals surface area contributed by atoms with E-state index in [1.807, 2.05) is 36.9 Å². The number of hydrogen-bond acceptors (Lipinski definition) is 2. The topological polar surface area (TPSA) is 30.7 Å². The highest BCUT2D eigenvalue weighted by molar-refractivity contribution is 5.48. The van der Waals surface area contributed by atoms with Gasteiger partial charge in [0.25, 0.3) is 0 Å². The van der Waals surface area contributed by atoms with Gasteiger partial charge in [-0.15, -0.1) is 0 Å². The summed E-state index contributed by atoms with van der Waals surface area (Å²) in [6.45, 7) is 1.96. The van der Waals surface area contributed by atoms with Crippen molar-refractivity contribution in [3.8, 4) is 11.5 Å². The molecule has 0 aromatic carbocycles. The molecule has 0 amide bonds. The minimum Gasteiger partial charge on any atom is -0.333 e. The Morgan fingerprint density at radius 1 is 1.46 bits per heavy atom. The molecule has 2 heterocycles. The Balaban J connectivity index is 2.53. The van der Waals surface area contributed by atoms with E-state index in [0.717, 1.165) is 17.2 Å². The fourth-order valence-electron chi connectivity index (χ4n) is 1.20. The molecule has 65 valence electrons. The molecule has 3 nitrogen and oxygen atoms in total. The first-order chi connectivity index (χ1) is 6.27. The lowest BCUT2D eigenvalue weighted by molar-refractivity contribution is 0.915. The molecule has 3 heteroatoms. The first-order valence-electron chi connectivity index (χ1n) is 4.10. The van der Waals surface area contributed by atoms with Crippen LogP contribution in [0.4, 0.5) is 0 Å². The van der Waals surface area contributed by atoms with Crippen LogP contribution in [0.25, 0.3) is 11.5 Å². The van der Waals surface area contributed by atoms with E-state index in [-0.39, 0.29) is 0 Å². The zero-order chi connectivity index (χ0) is 9.26. The highest BCUT2D eigenvalue weighted by Gasteiger charge is 2.03. The summed E-state index contributed by atoms with van der Waals surface area (Å²) in [5, 5.41) is 0. The molecule has 0 atom stereocenters. The monoisotopic (exact) mass is 172 g/mol. The number of pyridine rings is 1. The molecule has 0 bridgehead atoms. The van der Waals surface area contributed by atoms with Crippen LogP contribution in [0.5, 0.6) is 0 Å². The van der Waals surface area contributed by atoms with Gasteiger partial charge >= 0.3 is 0 Å². The van der Waals surface area contributed by atoms with E-state index in [9.17, 15) is 0 Å². The Labute approximate surface area is 77.1 Å². The van der Waals surface area contributed by atoms with Gasteiger partial charge in [-0.1, -0.05) is 6.07 Å². The molecule has 0 aliphatic heterocycles. The minimum absolute atomic E-state index is 0.799. The quantitative estimate of drug-likeness (QED) is 0.654. The number of hydrogen-bond donors (Lipinski definition) is 0. The number of aromatic nitrogens is 3. The third-order valence-corrected chi connectivity index (χ3v) is 1.87. The van der Waals surface area contributed by atoms with Gasteiger partial charge in [-0.05, 0) is 13.0 Å². The second kappa shape index (κ2) is 3.01. The van der Waals surface area contributed by atoms with Crippen molar-refractivity contribution in [3.63, 3.8) is 0 Å². The van der Waals surface area contributed by atoms with Crippen molar-refractivity contribution >= 4 is 0 Å². The molecule has 0 fully saturated rings. The molecule has 0 aliphatic rings. The minimum atomic E-state index is 0.799. The van der Waals surface area contributed by atoms with Crippen molar-refractivity contribution in [1.29, 1.82) is 0 Å². The summed E-state index contributed by atoms with van der Waals surface area (Å²) < 4.78 is 1.93. The fourth-order valence-corrected chi connectivity index (χ4v) is 1.20. The second-order valence-corrected chi connectivity index (χ2v) is 2.94. The predicted octanol–water partition coefficient (Wildman–Crippen LogP) is 1.59. The molecule has 0 spiro atoms. The van der Waals surface area contributed by atoms with Crippen LogP contribution in [-0.4, -0.2) is 14.5 Å². The van der Waals surface area contributed by atoms with Crippen LogP contribution in [0.1, 0.15) is 5.69 Å². The lowest BCUT2D eigenvalue weighted by Gasteiger charge is -2.00. The lowest BCUT2D eigenvalue weighted by atomic mass is 10.3. The van der Waals surface area contributed by atoms with Crippen LogP contribution in [-0.2, 0) is 7.05 Å². The SMILES string of the molecule is Cc1cc[c]c(-c2nccn2C)n1. The maximum absolute atomic E-state index is 4.34. The summed E-state index contributed by atoms with van der Waals surface area (Å²) in [7, 11) is 1.94. The lowest BCUT2D eigenvalue weighted by Crippen LogP contribution is -1.94. The van der Waals surface area contributed by atoms with Crippen LogP contribution in [0, 0.1) is 13.0 Å². The zero-order valence-corrected chi connectivity index (χ0v) is 7.65. The first kappa shape index (κ1) is 7.98. The van der Waals surface area contributed by atoms with E-state index in [1.54, 1.807) is 6.20 Å². The van der Waals surface area contributed by atoms with Gasteiger partial charge in [0.15, 0.2) is 5.82 Å². The second-order valence-electron chi connectivity index (χ2n) is 2.94. The summed E-state index contributed by atoms with van der Waals surface area (Å²) >= 11 is 0. The van der Waals surface area contributed by atoms with Gasteiger partial charge < -0.3 is 4.57 Å². The highest BCUT2D eigenvalue weighted by Crippen LogP contribution is 2.12. The normalized spacial score (nSPS) is 10.3. The van der Waals surface area contributed by atoms with E-state index in [4.69, 9.17) is 0 Å². The van der Waals surface area contributed by atoms with Gasteiger partial charge in [0, 0.05) is 31.2 Å². The Morgan fingerprint density at radius 2 is 2.31 bits per heavy atom. The van der Waals surface area contributed by atoms with E-state index >= 15 is 0 Å². The van der Waals surface area contributed by atoms with E-state index in [0.29, 0.717) is 0 Å². The Hall–Kier alpha value is -1.64. The summed E-state index contributed by atoms with van der Waals surface area (Å²) in [5.74, 6) is 0.851. The molecule has 0 aliphatic carbocycles. The molecule has 2 aromatic rings. The van der Waals surface area contributed by atoms with Crippen LogP contribution in [0.3, 0.4) is 0 Å². The third-order valence-electron chi connectivity index (χ3n) is 1.87. The van der Waals surface area contributed by atoms with Crippen LogP contribution in [0.2, 0.25) is 0 Å². The predicted molar refractivity (Wildman–Crippen MR) is 50.0 cm³/mol. The number of rotatable bonds is 1. The Kier molecular flexibility index (Phi) is 1.85. The van der Waals surface area contributed by atoms with Gasteiger partial charge in [0.1, 0.15) is 5.69 Å². The summed E-state index contributed by atoms with van der Waals surface area (Å²) in [6.07, 6.45) is 3.65. The van der Waals surface area contributed by atoms with Crippen molar-refractivity contribution in [2.45, 2.75) is 6.92 Å². The van der Waals surface area contributed by atoms with Gasteiger partial charge in [0.2, 0.25) is 0 Å². The van der Waals surface area contributed by atoms with Crippen molar-refractivity contribution in [3.05, 3.63) is 36.3 Å². The maximum atomic E-state index is 4.34. The third kappa shape index (κ3) is 1.45. The number of imidazole rings is 1. The van der Waals surface area contributed by atoms with Gasteiger partial charge in [-0.3, -0.25) is 0 Å². The van der Waals surface area contributed by atoms with Gasteiger partial charge in [-0.25, -0.2) is 9.97 Å². The Morgan fingerprint density at radius 3 is 2.92 bits per heavy atom. The molecule has 2 aromatic heterocycles. The smallest absolute Gasteiger partial charge is 0.159 e. The fraction of sp³-hybridized carbons (Fsp3) is 0.200. The molecule has 0 saturated heterocycles. The molecule has 2 rings (SSSR count). The number of nitrogens with zero attached hydrogens (tertiary/aromatic N) is 3. The summed E-state index contributed by atoms with van der Waals surface area (Å²) in [6, 6.07) is 6.85. The van der Waals surface area contributed by atoms with E-state index in [1.165, 1.54) is 0 Å². The molecular formula is C10H10N3. The average molecular weight is 172 g/mol. The van der Waals surface area contributed by atoms with Crippen molar-refractivity contribution in [1.82, 2.24) is 14.5 Å². The molecular weight excluding hydrogens is 162 g/mol. The molecule has 13 heavy (non-hydrogen) atoms. The molecule has 0 unspecified atom stereocenters. The number of aryl methyl sites for hydroxylation is 2. The zero-order valence-electron chi connectivity index (χ0n) is 7.65. The van der Waals surface area contributed by atoms with Gasteiger partial charge in [0.05, 0.1) is 0 Å². The van der Waals surface area contributed by atoms with E-state index in [2.05, 4.69) is 16.0 Å². The molecule has 1 radical (unpaired) electrons. The van der Waals surface area contributed by atoms with Crippen LogP contribution in [0.15, 0.2) is 24.5 Å². The summed E-state index contributed by atoms with van der Waals surface area (Å²) in [5.41, 5.74) is 1.78. The molecule has 0 saturated carbocycles. The van der Waals surface area contributed by atoms with Gasteiger partial charge in [-0.2, -0.15) is 0 Å². The Bertz CT molecular complexity index is 418. The van der Waals surface area contributed by atoms with Crippen molar-refractivity contribution < 1.29 is 0 Å². The standard InChI is InChI=1S/C10H10N3/c1-8-4-3-5-9(12-8)10-11-6-7-13(10)2/h3-4,6-7H,1-2H3. The van der Waals surface area contributed by atoms with Crippen LogP contribution >= 0.6 is 0 Å². The molecule has 0 N–H and O–H groups in total. The van der Waals surface area contributed by atoms with Crippen molar-refractivity contribution in [2.24, 2.45) is 7.05 Å². The highest BCUT2D eigenvalue weighted by atomic mass is 15.0. The van der Waals surface area contributed by atoms with E-state index < -0.39 is 0 Å².